The molecule has 0 bridgehead atoms. The molecular formula is C8H14N8O3. The average Bonchev–Trinajstić information content (AvgIpc) is 2.33. The second-order valence-electron chi connectivity index (χ2n) is 3.45. The second-order valence-corrected chi connectivity index (χ2v) is 3.45. The normalized spacial score (nSPS) is 9.79. The number of anilines is 2. The summed E-state index contributed by atoms with van der Waals surface area (Å²) in [6.45, 7) is 1.87. The van der Waals surface area contributed by atoms with Crippen molar-refractivity contribution in [2.75, 3.05) is 23.8 Å². The molecule has 0 aliphatic heterocycles. The molecule has 0 aromatic carbocycles. The third-order valence-corrected chi connectivity index (χ3v) is 2.09. The van der Waals surface area contributed by atoms with Gasteiger partial charge < -0.3 is 16.4 Å². The van der Waals surface area contributed by atoms with Gasteiger partial charge in [0.25, 0.3) is 0 Å². The first-order chi connectivity index (χ1) is 8.95. The Morgan fingerprint density at radius 3 is 2.63 bits per heavy atom. The minimum atomic E-state index is -0.681. The molecule has 11 heteroatoms. The van der Waals surface area contributed by atoms with Crippen molar-refractivity contribution in [3.8, 4) is 0 Å². The molecule has 1 aromatic rings. The molecule has 0 aliphatic carbocycles. The van der Waals surface area contributed by atoms with E-state index in [1.54, 1.807) is 0 Å². The van der Waals surface area contributed by atoms with Crippen LogP contribution in [-0.4, -0.2) is 34.0 Å². The highest BCUT2D eigenvalue weighted by molar-refractivity contribution is 5.71. The number of amides is 2. The number of aromatic nitrogens is 2. The van der Waals surface area contributed by atoms with Gasteiger partial charge in [0.2, 0.25) is 11.8 Å². The molecule has 11 nitrogen and oxygen atoms in total. The number of hydrazine groups is 1. The Kier molecular flexibility index (Phi) is 4.76. The number of aryl methyl sites for hydroxylation is 1. The quantitative estimate of drug-likeness (QED) is 0.190. The molecule has 0 aliphatic rings. The van der Waals surface area contributed by atoms with Crippen molar-refractivity contribution in [2.45, 2.75) is 6.92 Å². The summed E-state index contributed by atoms with van der Waals surface area (Å²) in [4.78, 5) is 28.5. The van der Waals surface area contributed by atoms with Crippen LogP contribution in [-0.2, 0) is 0 Å². The van der Waals surface area contributed by atoms with Crippen LogP contribution in [0, 0.1) is 17.0 Å². The predicted molar refractivity (Wildman–Crippen MR) is 67.3 cm³/mol. The number of urea groups is 1. The minimum Gasteiger partial charge on any atom is -0.362 e. The van der Waals surface area contributed by atoms with E-state index in [0.717, 1.165) is 0 Å². The van der Waals surface area contributed by atoms with E-state index in [9.17, 15) is 14.9 Å². The lowest BCUT2D eigenvalue weighted by atomic mass is 10.3. The summed E-state index contributed by atoms with van der Waals surface area (Å²) in [5.74, 6) is 5.22. The number of nitro groups is 1. The predicted octanol–water partition coefficient (Wildman–Crippen LogP) is -0.941. The second kappa shape index (κ2) is 6.30. The number of primary amides is 1. The fourth-order valence-electron chi connectivity index (χ4n) is 1.34. The third kappa shape index (κ3) is 3.92. The lowest BCUT2D eigenvalue weighted by Gasteiger charge is -2.09. The Morgan fingerprint density at radius 2 is 2.11 bits per heavy atom. The van der Waals surface area contributed by atoms with Crippen LogP contribution in [0.15, 0.2) is 0 Å². The Bertz CT molecular complexity index is 491. The smallest absolute Gasteiger partial charge is 0.332 e. The maximum atomic E-state index is 10.9. The van der Waals surface area contributed by atoms with Gasteiger partial charge in [0.05, 0.1) is 4.92 Å². The van der Waals surface area contributed by atoms with Crippen molar-refractivity contribution in [1.29, 1.82) is 0 Å². The molecule has 0 saturated heterocycles. The zero-order valence-electron chi connectivity index (χ0n) is 10.1. The zero-order chi connectivity index (χ0) is 14.4. The van der Waals surface area contributed by atoms with Crippen molar-refractivity contribution < 1.29 is 9.72 Å². The number of hydrogen-bond donors (Lipinski definition) is 5. The Hall–Kier alpha value is -2.69. The molecular weight excluding hydrogens is 256 g/mol. The number of carbonyl (C=O) groups excluding carboxylic acids is 1. The van der Waals surface area contributed by atoms with E-state index in [4.69, 9.17) is 11.6 Å². The molecule has 7 N–H and O–H groups in total. The fraction of sp³-hybridized carbons (Fsp3) is 0.375. The van der Waals surface area contributed by atoms with E-state index < -0.39 is 11.0 Å². The van der Waals surface area contributed by atoms with E-state index in [2.05, 4.69) is 26.0 Å². The van der Waals surface area contributed by atoms with Gasteiger partial charge in [0.1, 0.15) is 5.69 Å². The number of nitrogen functional groups attached to an aromatic ring is 1. The van der Waals surface area contributed by atoms with Gasteiger partial charge in [-0.3, -0.25) is 15.5 Å². The van der Waals surface area contributed by atoms with Crippen molar-refractivity contribution in [1.82, 2.24) is 15.3 Å². The van der Waals surface area contributed by atoms with E-state index in [1.165, 1.54) is 6.92 Å². The Balaban J connectivity index is 2.87. The van der Waals surface area contributed by atoms with Crippen LogP contribution in [0.25, 0.3) is 0 Å². The van der Waals surface area contributed by atoms with Gasteiger partial charge >= 0.3 is 11.7 Å². The van der Waals surface area contributed by atoms with Crippen LogP contribution in [0.5, 0.6) is 0 Å². The standard InChI is InChI=1S/C8H14N8O3/c1-4-5(16(18)19)6(14-8(13-4)15-10)11-2-3-12-7(9)17/h2-3,10H2,1H3,(H3,9,12,17)(H2,11,13,14,15). The Morgan fingerprint density at radius 1 is 1.42 bits per heavy atom. The van der Waals surface area contributed by atoms with Gasteiger partial charge in [-0.15, -0.1) is 0 Å². The minimum absolute atomic E-state index is 0.0109. The van der Waals surface area contributed by atoms with E-state index in [-0.39, 0.29) is 36.2 Å². The molecule has 1 heterocycles. The topological polar surface area (TPSA) is 174 Å². The monoisotopic (exact) mass is 270 g/mol. The van der Waals surface area contributed by atoms with Crippen LogP contribution >= 0.6 is 0 Å². The highest BCUT2D eigenvalue weighted by Crippen LogP contribution is 2.25. The van der Waals surface area contributed by atoms with Crippen molar-refractivity contribution >= 4 is 23.5 Å². The van der Waals surface area contributed by atoms with Crippen molar-refractivity contribution in [3.05, 3.63) is 15.8 Å². The average molecular weight is 270 g/mol. The molecule has 1 rings (SSSR count). The number of nitrogens with two attached hydrogens (primary N) is 2. The third-order valence-electron chi connectivity index (χ3n) is 2.09. The van der Waals surface area contributed by atoms with Gasteiger partial charge in [-0.05, 0) is 6.92 Å². The first-order valence-corrected chi connectivity index (χ1v) is 5.22. The molecule has 0 saturated carbocycles. The molecule has 19 heavy (non-hydrogen) atoms. The van der Waals surface area contributed by atoms with Crippen molar-refractivity contribution in [3.63, 3.8) is 0 Å². The molecule has 104 valence electrons. The molecule has 0 unspecified atom stereocenters. The lowest BCUT2D eigenvalue weighted by molar-refractivity contribution is -0.385. The summed E-state index contributed by atoms with van der Waals surface area (Å²) < 4.78 is 0. The van der Waals surface area contributed by atoms with E-state index >= 15 is 0 Å². The molecule has 1 aromatic heterocycles. The number of carbonyl (C=O) groups is 1. The summed E-state index contributed by atoms with van der Waals surface area (Å²) in [5.41, 5.74) is 7.00. The summed E-state index contributed by atoms with van der Waals surface area (Å²) >= 11 is 0. The summed E-state index contributed by atoms with van der Waals surface area (Å²) in [7, 11) is 0. The van der Waals surface area contributed by atoms with Gasteiger partial charge in [0, 0.05) is 13.1 Å². The maximum absolute atomic E-state index is 10.9. The number of rotatable bonds is 6. The van der Waals surface area contributed by atoms with Gasteiger partial charge in [-0.2, -0.15) is 4.98 Å². The lowest BCUT2D eigenvalue weighted by Crippen LogP contribution is -2.33. The van der Waals surface area contributed by atoms with Gasteiger partial charge in [0.15, 0.2) is 0 Å². The summed E-state index contributed by atoms with van der Waals surface area (Å²) in [6, 6.07) is -0.681. The molecule has 2 amide bonds. The van der Waals surface area contributed by atoms with Crippen LogP contribution in [0.4, 0.5) is 22.2 Å². The maximum Gasteiger partial charge on any atom is 0.332 e. The molecule has 0 spiro atoms. The molecule has 0 atom stereocenters. The first-order valence-electron chi connectivity index (χ1n) is 5.22. The van der Waals surface area contributed by atoms with Crippen molar-refractivity contribution in [2.24, 2.45) is 11.6 Å². The zero-order valence-corrected chi connectivity index (χ0v) is 10.1. The van der Waals surface area contributed by atoms with Crippen LogP contribution in [0.2, 0.25) is 0 Å². The number of nitrogens with zero attached hydrogens (tertiary/aromatic N) is 3. The Labute approximate surface area is 107 Å². The van der Waals surface area contributed by atoms with Crippen LogP contribution in [0.1, 0.15) is 5.69 Å². The van der Waals surface area contributed by atoms with E-state index in [0.29, 0.717) is 0 Å². The highest BCUT2D eigenvalue weighted by Gasteiger charge is 2.21. The first kappa shape index (κ1) is 14.4. The van der Waals surface area contributed by atoms with Crippen LogP contribution < -0.4 is 27.6 Å². The fourth-order valence-corrected chi connectivity index (χ4v) is 1.34. The van der Waals surface area contributed by atoms with E-state index in [1.807, 2.05) is 0 Å². The highest BCUT2D eigenvalue weighted by atomic mass is 16.6. The van der Waals surface area contributed by atoms with Gasteiger partial charge in [-0.25, -0.2) is 15.6 Å². The largest absolute Gasteiger partial charge is 0.362 e. The molecule has 0 radical (unpaired) electrons. The van der Waals surface area contributed by atoms with Crippen LogP contribution in [0.3, 0.4) is 0 Å². The number of nitrogens with one attached hydrogen (secondary N) is 3. The SMILES string of the molecule is Cc1nc(NN)nc(NCCNC(N)=O)c1[N+](=O)[O-]. The number of hydrogen-bond acceptors (Lipinski definition) is 8. The summed E-state index contributed by atoms with van der Waals surface area (Å²) in [5, 5.41) is 16.0. The summed E-state index contributed by atoms with van der Waals surface area (Å²) in [6.07, 6.45) is 0. The molecule has 0 fully saturated rings. The van der Waals surface area contributed by atoms with Gasteiger partial charge in [-0.1, -0.05) is 0 Å².